The molecule has 1 nitrogen and oxygen atoms in total. The maximum atomic E-state index is 3.55. The Bertz CT molecular complexity index is 284. The van der Waals surface area contributed by atoms with Gasteiger partial charge in [-0.1, -0.05) is 42.7 Å². The van der Waals surface area contributed by atoms with Gasteiger partial charge in [-0.2, -0.15) is 0 Å². The molecule has 1 rings (SSSR count). The second kappa shape index (κ2) is 5.92. The molecule has 1 unspecified atom stereocenters. The second-order valence-electron chi connectivity index (χ2n) is 4.57. The first-order valence-electron chi connectivity index (χ1n) is 5.92. The normalized spacial score (nSPS) is 12.8. The molecule has 0 bridgehead atoms. The van der Waals surface area contributed by atoms with Crippen molar-refractivity contribution in [3.8, 4) is 0 Å². The third kappa shape index (κ3) is 4.48. The summed E-state index contributed by atoms with van der Waals surface area (Å²) in [6.07, 6.45) is 2.51. The number of hydrogen-bond donors (Lipinski definition) is 1. The van der Waals surface area contributed by atoms with Crippen molar-refractivity contribution in [1.82, 2.24) is 5.32 Å². The molecule has 0 radical (unpaired) electrons. The Morgan fingerprint density at radius 3 is 2.27 bits per heavy atom. The molecule has 0 fully saturated rings. The van der Waals surface area contributed by atoms with Gasteiger partial charge >= 0.3 is 0 Å². The number of hydrogen-bond acceptors (Lipinski definition) is 1. The van der Waals surface area contributed by atoms with Crippen LogP contribution < -0.4 is 5.32 Å². The Morgan fingerprint density at radius 1 is 1.13 bits per heavy atom. The van der Waals surface area contributed by atoms with Crippen molar-refractivity contribution >= 4 is 0 Å². The Balaban J connectivity index is 2.50. The van der Waals surface area contributed by atoms with Gasteiger partial charge in [-0.15, -0.1) is 0 Å². The van der Waals surface area contributed by atoms with Crippen LogP contribution in [0, 0.1) is 13.8 Å². The maximum Gasteiger partial charge on any atom is 0.0208 e. The first kappa shape index (κ1) is 12.3. The lowest BCUT2D eigenvalue weighted by atomic mass is 10.1. The molecule has 0 amide bonds. The minimum atomic E-state index is 0.621. The van der Waals surface area contributed by atoms with Crippen LogP contribution in [0.3, 0.4) is 0 Å². The smallest absolute Gasteiger partial charge is 0.0208 e. The summed E-state index contributed by atoms with van der Waals surface area (Å²) in [6.45, 7) is 9.79. The first-order valence-corrected chi connectivity index (χ1v) is 5.92. The quantitative estimate of drug-likeness (QED) is 0.774. The van der Waals surface area contributed by atoms with Gasteiger partial charge in [-0.3, -0.25) is 0 Å². The topological polar surface area (TPSA) is 12.0 Å². The van der Waals surface area contributed by atoms with Crippen molar-refractivity contribution in [3.05, 3.63) is 34.9 Å². The van der Waals surface area contributed by atoms with Crippen molar-refractivity contribution in [3.63, 3.8) is 0 Å². The maximum absolute atomic E-state index is 3.55. The summed E-state index contributed by atoms with van der Waals surface area (Å²) in [7, 11) is 0. The van der Waals surface area contributed by atoms with Gasteiger partial charge in [0.25, 0.3) is 0 Å². The predicted octanol–water partition coefficient (Wildman–Crippen LogP) is 3.58. The molecule has 84 valence electrons. The van der Waals surface area contributed by atoms with E-state index < -0.39 is 0 Å². The summed E-state index contributed by atoms with van der Waals surface area (Å²) >= 11 is 0. The SMILES string of the molecule is CCCC(C)NCc1cc(C)cc(C)c1. The van der Waals surface area contributed by atoms with Gasteiger partial charge in [0.1, 0.15) is 0 Å². The molecule has 0 heterocycles. The van der Waals surface area contributed by atoms with Gasteiger partial charge < -0.3 is 5.32 Å². The standard InChI is InChI=1S/C14H23N/c1-5-6-13(4)15-10-14-8-11(2)7-12(3)9-14/h7-9,13,15H,5-6,10H2,1-4H3. The summed E-state index contributed by atoms with van der Waals surface area (Å²) in [6, 6.07) is 7.37. The van der Waals surface area contributed by atoms with Crippen LogP contribution in [0.1, 0.15) is 43.4 Å². The fourth-order valence-electron chi connectivity index (χ4n) is 2.00. The van der Waals surface area contributed by atoms with Gasteiger partial charge in [0, 0.05) is 12.6 Å². The van der Waals surface area contributed by atoms with Crippen molar-refractivity contribution in [2.75, 3.05) is 0 Å². The molecule has 0 spiro atoms. The van der Waals surface area contributed by atoms with Crippen LogP contribution in [0.25, 0.3) is 0 Å². The monoisotopic (exact) mass is 205 g/mol. The third-order valence-electron chi connectivity index (χ3n) is 2.66. The zero-order valence-corrected chi connectivity index (χ0v) is 10.4. The van der Waals surface area contributed by atoms with Crippen LogP contribution >= 0.6 is 0 Å². The molecular weight excluding hydrogens is 182 g/mol. The van der Waals surface area contributed by atoms with E-state index >= 15 is 0 Å². The highest BCUT2D eigenvalue weighted by Crippen LogP contribution is 2.09. The molecule has 1 heteroatoms. The van der Waals surface area contributed by atoms with Crippen LogP contribution in [0.4, 0.5) is 0 Å². The first-order chi connectivity index (χ1) is 7.11. The van der Waals surface area contributed by atoms with E-state index in [1.54, 1.807) is 0 Å². The van der Waals surface area contributed by atoms with Gasteiger partial charge in [0.15, 0.2) is 0 Å². The van der Waals surface area contributed by atoms with E-state index in [-0.39, 0.29) is 0 Å². The Hall–Kier alpha value is -0.820. The van der Waals surface area contributed by atoms with E-state index in [2.05, 4.69) is 51.2 Å². The van der Waals surface area contributed by atoms with Gasteiger partial charge in [0.2, 0.25) is 0 Å². The fraction of sp³-hybridized carbons (Fsp3) is 0.571. The number of benzene rings is 1. The molecule has 0 saturated carbocycles. The molecule has 0 aromatic heterocycles. The van der Waals surface area contributed by atoms with Crippen molar-refractivity contribution in [1.29, 1.82) is 0 Å². The van der Waals surface area contributed by atoms with Crippen molar-refractivity contribution in [2.45, 2.75) is 53.1 Å². The molecule has 0 aliphatic heterocycles. The molecule has 0 saturated heterocycles. The van der Waals surface area contributed by atoms with Crippen molar-refractivity contribution < 1.29 is 0 Å². The van der Waals surface area contributed by atoms with Crippen LogP contribution in [0.15, 0.2) is 18.2 Å². The summed E-state index contributed by atoms with van der Waals surface area (Å²) < 4.78 is 0. The zero-order chi connectivity index (χ0) is 11.3. The lowest BCUT2D eigenvalue weighted by Crippen LogP contribution is -2.25. The van der Waals surface area contributed by atoms with Crippen LogP contribution in [-0.4, -0.2) is 6.04 Å². The zero-order valence-electron chi connectivity index (χ0n) is 10.4. The van der Waals surface area contributed by atoms with Crippen LogP contribution in [-0.2, 0) is 6.54 Å². The molecule has 0 aliphatic carbocycles. The average molecular weight is 205 g/mol. The van der Waals surface area contributed by atoms with Crippen LogP contribution in [0.2, 0.25) is 0 Å². The summed E-state index contributed by atoms with van der Waals surface area (Å²) in [5.41, 5.74) is 4.11. The third-order valence-corrected chi connectivity index (χ3v) is 2.66. The lowest BCUT2D eigenvalue weighted by Gasteiger charge is -2.13. The summed E-state index contributed by atoms with van der Waals surface area (Å²) in [4.78, 5) is 0. The van der Waals surface area contributed by atoms with Crippen molar-refractivity contribution in [2.24, 2.45) is 0 Å². The molecule has 1 aromatic carbocycles. The minimum Gasteiger partial charge on any atom is -0.310 e. The predicted molar refractivity (Wildman–Crippen MR) is 67.1 cm³/mol. The Kier molecular flexibility index (Phi) is 4.83. The van der Waals surface area contributed by atoms with E-state index in [4.69, 9.17) is 0 Å². The van der Waals surface area contributed by atoms with Gasteiger partial charge in [-0.05, 0) is 32.8 Å². The van der Waals surface area contributed by atoms with E-state index in [1.165, 1.54) is 29.5 Å². The highest BCUT2D eigenvalue weighted by Gasteiger charge is 2.00. The average Bonchev–Trinajstić information content (AvgIpc) is 2.14. The second-order valence-corrected chi connectivity index (χ2v) is 4.57. The Labute approximate surface area is 93.9 Å². The molecule has 15 heavy (non-hydrogen) atoms. The summed E-state index contributed by atoms with van der Waals surface area (Å²) in [5, 5.41) is 3.55. The van der Waals surface area contributed by atoms with Crippen LogP contribution in [0.5, 0.6) is 0 Å². The highest BCUT2D eigenvalue weighted by molar-refractivity contribution is 5.28. The minimum absolute atomic E-state index is 0.621. The van der Waals surface area contributed by atoms with E-state index in [1.807, 2.05) is 0 Å². The number of nitrogens with one attached hydrogen (secondary N) is 1. The fourth-order valence-corrected chi connectivity index (χ4v) is 2.00. The highest BCUT2D eigenvalue weighted by atomic mass is 14.9. The van der Waals surface area contributed by atoms with Gasteiger partial charge in [0.05, 0.1) is 0 Å². The molecule has 1 N–H and O–H groups in total. The molecule has 0 aliphatic rings. The summed E-state index contributed by atoms with van der Waals surface area (Å²) in [5.74, 6) is 0. The van der Waals surface area contributed by atoms with E-state index in [9.17, 15) is 0 Å². The number of aryl methyl sites for hydroxylation is 2. The molecule has 1 aromatic rings. The number of rotatable bonds is 5. The van der Waals surface area contributed by atoms with E-state index in [0.29, 0.717) is 6.04 Å². The van der Waals surface area contributed by atoms with E-state index in [0.717, 1.165) is 6.54 Å². The Morgan fingerprint density at radius 2 is 1.73 bits per heavy atom. The lowest BCUT2D eigenvalue weighted by molar-refractivity contribution is 0.508. The van der Waals surface area contributed by atoms with Gasteiger partial charge in [-0.25, -0.2) is 0 Å². The molecular formula is C14H23N. The largest absolute Gasteiger partial charge is 0.310 e. The molecule has 1 atom stereocenters.